The average molecular weight is 389 g/mol. The molecule has 28 heavy (non-hydrogen) atoms. The highest BCUT2D eigenvalue weighted by Crippen LogP contribution is 2.28. The van der Waals surface area contributed by atoms with E-state index in [2.05, 4.69) is 10.5 Å². The molecule has 1 N–H and O–H groups in total. The van der Waals surface area contributed by atoms with Gasteiger partial charge in [0.2, 0.25) is 5.91 Å². The summed E-state index contributed by atoms with van der Waals surface area (Å²) in [6, 6.07) is 25.0. The molecule has 0 fully saturated rings. The van der Waals surface area contributed by atoms with Gasteiger partial charge in [-0.05, 0) is 40.6 Å². The molecule has 0 saturated heterocycles. The van der Waals surface area contributed by atoms with E-state index >= 15 is 0 Å². The summed E-state index contributed by atoms with van der Waals surface area (Å²) in [5, 5.41) is 6.79. The van der Waals surface area contributed by atoms with E-state index in [-0.39, 0.29) is 12.3 Å². The van der Waals surface area contributed by atoms with Crippen LogP contribution in [0.2, 0.25) is 5.02 Å². The van der Waals surface area contributed by atoms with E-state index in [0.717, 1.165) is 21.9 Å². The Balaban J connectivity index is 1.41. The van der Waals surface area contributed by atoms with Crippen LogP contribution in [0.3, 0.4) is 0 Å². The van der Waals surface area contributed by atoms with Gasteiger partial charge < -0.3 is 4.42 Å². The fourth-order valence-electron chi connectivity index (χ4n) is 3.06. The highest BCUT2D eigenvalue weighted by Gasteiger charge is 2.08. The van der Waals surface area contributed by atoms with Crippen molar-refractivity contribution in [1.29, 1.82) is 0 Å². The van der Waals surface area contributed by atoms with Crippen LogP contribution in [0.5, 0.6) is 0 Å². The largest absolute Gasteiger partial charge is 0.455 e. The van der Waals surface area contributed by atoms with E-state index < -0.39 is 0 Å². The number of rotatable bonds is 5. The number of hydrazone groups is 1. The van der Waals surface area contributed by atoms with Crippen LogP contribution < -0.4 is 5.43 Å². The lowest BCUT2D eigenvalue weighted by Crippen LogP contribution is -2.19. The molecule has 0 atom stereocenters. The van der Waals surface area contributed by atoms with Crippen molar-refractivity contribution in [2.45, 2.75) is 6.42 Å². The standard InChI is InChI=1S/C23H17ClN2O2/c24-21-11-4-3-10-20(21)22-13-12-18(28-22)15-25-26-23(27)14-17-8-5-7-16-6-1-2-9-19(16)17/h1-13,15H,14H2,(H,26,27). The molecule has 0 radical (unpaired) electrons. The summed E-state index contributed by atoms with van der Waals surface area (Å²) >= 11 is 6.18. The first-order valence-electron chi connectivity index (χ1n) is 8.84. The maximum Gasteiger partial charge on any atom is 0.244 e. The van der Waals surface area contributed by atoms with Gasteiger partial charge in [-0.25, -0.2) is 5.43 Å². The Hall–Kier alpha value is -3.37. The number of nitrogens with zero attached hydrogens (tertiary/aromatic N) is 1. The van der Waals surface area contributed by atoms with Crippen molar-refractivity contribution in [3.8, 4) is 11.3 Å². The van der Waals surface area contributed by atoms with Crippen LogP contribution in [0.4, 0.5) is 0 Å². The molecule has 0 unspecified atom stereocenters. The third kappa shape index (κ3) is 3.97. The molecular formula is C23H17ClN2O2. The van der Waals surface area contributed by atoms with Crippen LogP contribution in [0, 0.1) is 0 Å². The van der Waals surface area contributed by atoms with Gasteiger partial charge in [0.1, 0.15) is 11.5 Å². The van der Waals surface area contributed by atoms with Gasteiger partial charge in [0.05, 0.1) is 17.7 Å². The summed E-state index contributed by atoms with van der Waals surface area (Å²) in [5.41, 5.74) is 4.32. The van der Waals surface area contributed by atoms with Crippen molar-refractivity contribution in [3.63, 3.8) is 0 Å². The second-order valence-corrected chi connectivity index (χ2v) is 6.70. The van der Waals surface area contributed by atoms with Gasteiger partial charge in [-0.2, -0.15) is 5.10 Å². The Kier molecular flexibility index (Phi) is 5.22. The van der Waals surface area contributed by atoms with Gasteiger partial charge in [0, 0.05) is 5.56 Å². The van der Waals surface area contributed by atoms with E-state index in [9.17, 15) is 4.79 Å². The van der Waals surface area contributed by atoms with Crippen molar-refractivity contribution in [2.24, 2.45) is 5.10 Å². The van der Waals surface area contributed by atoms with Crippen LogP contribution in [0.1, 0.15) is 11.3 Å². The normalized spacial score (nSPS) is 11.2. The first-order chi connectivity index (χ1) is 13.7. The number of carbonyl (C=O) groups is 1. The van der Waals surface area contributed by atoms with Gasteiger partial charge in [0.15, 0.2) is 0 Å². The maximum absolute atomic E-state index is 12.2. The van der Waals surface area contributed by atoms with Crippen LogP contribution in [0.15, 0.2) is 88.4 Å². The third-order valence-corrected chi connectivity index (χ3v) is 4.71. The summed E-state index contributed by atoms with van der Waals surface area (Å²) in [6.45, 7) is 0. The number of hydrogen-bond acceptors (Lipinski definition) is 3. The zero-order chi connectivity index (χ0) is 19.3. The fourth-order valence-corrected chi connectivity index (χ4v) is 3.28. The molecule has 0 aliphatic carbocycles. The molecule has 0 aliphatic heterocycles. The highest BCUT2D eigenvalue weighted by atomic mass is 35.5. The fraction of sp³-hybridized carbons (Fsp3) is 0.0435. The van der Waals surface area contributed by atoms with Crippen molar-refractivity contribution in [3.05, 3.63) is 95.2 Å². The van der Waals surface area contributed by atoms with E-state index in [1.807, 2.05) is 66.7 Å². The van der Waals surface area contributed by atoms with Gasteiger partial charge in [0.25, 0.3) is 0 Å². The number of hydrogen-bond donors (Lipinski definition) is 1. The SMILES string of the molecule is O=C(Cc1cccc2ccccc12)NN=Cc1ccc(-c2ccccc2Cl)o1. The molecule has 138 valence electrons. The molecule has 0 aliphatic rings. The summed E-state index contributed by atoms with van der Waals surface area (Å²) < 4.78 is 5.72. The number of carbonyl (C=O) groups excluding carboxylic acids is 1. The molecule has 0 bridgehead atoms. The Labute approximate surface area is 167 Å². The van der Waals surface area contributed by atoms with Crippen LogP contribution in [-0.4, -0.2) is 12.1 Å². The van der Waals surface area contributed by atoms with Crippen LogP contribution >= 0.6 is 11.6 Å². The number of amides is 1. The van der Waals surface area contributed by atoms with Crippen LogP contribution in [-0.2, 0) is 11.2 Å². The predicted octanol–water partition coefficient (Wildman–Crippen LogP) is 5.45. The number of nitrogens with one attached hydrogen (secondary N) is 1. The van der Waals surface area contributed by atoms with Crippen molar-refractivity contribution < 1.29 is 9.21 Å². The second kappa shape index (κ2) is 8.11. The molecular weight excluding hydrogens is 372 g/mol. The number of halogens is 1. The minimum absolute atomic E-state index is 0.189. The smallest absolute Gasteiger partial charge is 0.244 e. The van der Waals surface area contributed by atoms with E-state index in [0.29, 0.717) is 16.5 Å². The lowest BCUT2D eigenvalue weighted by Gasteiger charge is -2.05. The molecule has 4 nitrogen and oxygen atoms in total. The Morgan fingerprint density at radius 1 is 0.964 bits per heavy atom. The monoisotopic (exact) mass is 388 g/mol. The minimum atomic E-state index is -0.189. The van der Waals surface area contributed by atoms with Gasteiger partial charge in [-0.3, -0.25) is 4.79 Å². The topological polar surface area (TPSA) is 54.6 Å². The van der Waals surface area contributed by atoms with Crippen molar-refractivity contribution in [2.75, 3.05) is 0 Å². The Morgan fingerprint density at radius 3 is 2.64 bits per heavy atom. The van der Waals surface area contributed by atoms with E-state index in [1.54, 1.807) is 12.1 Å². The second-order valence-electron chi connectivity index (χ2n) is 6.29. The lowest BCUT2D eigenvalue weighted by atomic mass is 10.0. The highest BCUT2D eigenvalue weighted by molar-refractivity contribution is 6.33. The molecule has 1 aromatic heterocycles. The quantitative estimate of drug-likeness (QED) is 0.365. The molecule has 3 aromatic carbocycles. The molecule has 1 heterocycles. The molecule has 1 amide bonds. The summed E-state index contributed by atoms with van der Waals surface area (Å²) in [6.07, 6.45) is 1.73. The number of furan rings is 1. The molecule has 0 spiro atoms. The van der Waals surface area contributed by atoms with Crippen molar-refractivity contribution >= 4 is 34.5 Å². The lowest BCUT2D eigenvalue weighted by molar-refractivity contribution is -0.120. The van der Waals surface area contributed by atoms with Gasteiger partial charge in [-0.1, -0.05) is 66.2 Å². The van der Waals surface area contributed by atoms with E-state index in [4.69, 9.17) is 16.0 Å². The Morgan fingerprint density at radius 2 is 1.75 bits per heavy atom. The van der Waals surface area contributed by atoms with Gasteiger partial charge in [-0.15, -0.1) is 0 Å². The molecule has 0 saturated carbocycles. The maximum atomic E-state index is 12.2. The average Bonchev–Trinajstić information content (AvgIpc) is 3.17. The zero-order valence-electron chi connectivity index (χ0n) is 14.9. The first kappa shape index (κ1) is 18.0. The summed E-state index contributed by atoms with van der Waals surface area (Å²) in [5.74, 6) is 0.986. The predicted molar refractivity (Wildman–Crippen MR) is 113 cm³/mol. The Bertz CT molecular complexity index is 1160. The third-order valence-electron chi connectivity index (χ3n) is 4.38. The minimum Gasteiger partial charge on any atom is -0.455 e. The summed E-state index contributed by atoms with van der Waals surface area (Å²) in [7, 11) is 0. The molecule has 4 rings (SSSR count). The molecule has 4 aromatic rings. The van der Waals surface area contributed by atoms with Crippen LogP contribution in [0.25, 0.3) is 22.1 Å². The zero-order valence-corrected chi connectivity index (χ0v) is 15.7. The van der Waals surface area contributed by atoms with Crippen molar-refractivity contribution in [1.82, 2.24) is 5.43 Å². The first-order valence-corrected chi connectivity index (χ1v) is 9.22. The molecule has 5 heteroatoms. The van der Waals surface area contributed by atoms with Gasteiger partial charge >= 0.3 is 0 Å². The number of fused-ring (bicyclic) bond motifs is 1. The number of benzene rings is 3. The van der Waals surface area contributed by atoms with E-state index in [1.165, 1.54) is 6.21 Å². The summed E-state index contributed by atoms with van der Waals surface area (Å²) in [4.78, 5) is 12.2.